The lowest BCUT2D eigenvalue weighted by atomic mass is 9.93. The minimum absolute atomic E-state index is 0.0156. The Balaban J connectivity index is 1.96. The number of benzene rings is 2. The maximum absolute atomic E-state index is 13.5. The van der Waals surface area contributed by atoms with Gasteiger partial charge in [-0.3, -0.25) is 14.5 Å². The third kappa shape index (κ3) is 2.23. The lowest BCUT2D eigenvalue weighted by molar-refractivity contribution is -0.155. The number of hydrogen-bond acceptors (Lipinski definition) is 3. The van der Waals surface area contributed by atoms with E-state index >= 15 is 0 Å². The SMILES string of the molecule is O=C1c2ccccc2NC2(C(=O)Nc3cc(F)ccc32)N1CC(F)(F)F. The summed E-state index contributed by atoms with van der Waals surface area (Å²) < 4.78 is 53.0. The topological polar surface area (TPSA) is 61.4 Å². The van der Waals surface area contributed by atoms with E-state index in [0.717, 1.165) is 12.1 Å². The maximum atomic E-state index is 13.5. The van der Waals surface area contributed by atoms with Crippen molar-refractivity contribution in [2.75, 3.05) is 17.2 Å². The number of fused-ring (bicyclic) bond motifs is 3. The van der Waals surface area contributed by atoms with Crippen LogP contribution in [0.1, 0.15) is 15.9 Å². The number of rotatable bonds is 1. The fraction of sp³-hybridized carbons (Fsp3) is 0.176. The molecule has 0 bridgehead atoms. The molecule has 2 aromatic carbocycles. The average molecular weight is 365 g/mol. The third-order valence-corrected chi connectivity index (χ3v) is 4.41. The summed E-state index contributed by atoms with van der Waals surface area (Å²) >= 11 is 0. The molecular formula is C17H11F4N3O2. The van der Waals surface area contributed by atoms with Crippen LogP contribution in [0.3, 0.4) is 0 Å². The van der Waals surface area contributed by atoms with E-state index < -0.39 is 36.0 Å². The van der Waals surface area contributed by atoms with Gasteiger partial charge in [-0.15, -0.1) is 0 Å². The van der Waals surface area contributed by atoms with Crippen LogP contribution in [-0.4, -0.2) is 29.4 Å². The maximum Gasteiger partial charge on any atom is 0.406 e. The summed E-state index contributed by atoms with van der Waals surface area (Å²) in [6, 6.07) is 9.19. The summed E-state index contributed by atoms with van der Waals surface area (Å²) in [5, 5.41) is 5.13. The molecule has 4 rings (SSSR count). The Morgan fingerprint density at radius 2 is 1.77 bits per heavy atom. The Bertz CT molecular complexity index is 944. The van der Waals surface area contributed by atoms with Crippen molar-refractivity contribution in [2.24, 2.45) is 0 Å². The molecule has 0 saturated carbocycles. The summed E-state index contributed by atoms with van der Waals surface area (Å²) in [7, 11) is 0. The molecule has 1 unspecified atom stereocenters. The van der Waals surface area contributed by atoms with Gasteiger partial charge in [0.05, 0.1) is 11.3 Å². The molecule has 2 aromatic rings. The first-order valence-corrected chi connectivity index (χ1v) is 7.60. The standard InChI is InChI=1S/C17H11F4N3O2/c18-9-5-6-11-13(7-9)22-15(26)17(11)23-12-4-2-1-3-10(12)14(25)24(17)8-16(19,20)21/h1-7,23H,8H2,(H,22,26). The van der Waals surface area contributed by atoms with Crippen LogP contribution < -0.4 is 10.6 Å². The van der Waals surface area contributed by atoms with E-state index in [2.05, 4.69) is 10.6 Å². The highest BCUT2D eigenvalue weighted by molar-refractivity contribution is 6.14. The van der Waals surface area contributed by atoms with E-state index in [-0.39, 0.29) is 22.5 Å². The summed E-state index contributed by atoms with van der Waals surface area (Å²) in [5.74, 6) is -2.49. The van der Waals surface area contributed by atoms with Gasteiger partial charge in [-0.1, -0.05) is 12.1 Å². The van der Waals surface area contributed by atoms with Gasteiger partial charge in [-0.25, -0.2) is 4.39 Å². The van der Waals surface area contributed by atoms with Crippen molar-refractivity contribution in [3.63, 3.8) is 0 Å². The molecule has 1 atom stereocenters. The number of carbonyl (C=O) groups excluding carboxylic acids is 2. The highest BCUT2D eigenvalue weighted by atomic mass is 19.4. The predicted octanol–water partition coefficient (Wildman–Crippen LogP) is 3.06. The molecule has 0 fully saturated rings. The quantitative estimate of drug-likeness (QED) is 0.764. The highest BCUT2D eigenvalue weighted by Gasteiger charge is 2.58. The van der Waals surface area contributed by atoms with E-state index in [1.165, 1.54) is 24.3 Å². The monoisotopic (exact) mass is 365 g/mol. The van der Waals surface area contributed by atoms with Crippen molar-refractivity contribution >= 4 is 23.2 Å². The molecule has 5 nitrogen and oxygen atoms in total. The van der Waals surface area contributed by atoms with Gasteiger partial charge in [0.2, 0.25) is 5.66 Å². The molecule has 2 heterocycles. The number of nitrogens with one attached hydrogen (secondary N) is 2. The van der Waals surface area contributed by atoms with Crippen molar-refractivity contribution in [2.45, 2.75) is 11.8 Å². The third-order valence-electron chi connectivity index (χ3n) is 4.41. The molecule has 2 N–H and O–H groups in total. The van der Waals surface area contributed by atoms with E-state index in [9.17, 15) is 27.2 Å². The van der Waals surface area contributed by atoms with Crippen LogP contribution in [-0.2, 0) is 10.5 Å². The Kier molecular flexibility index (Phi) is 3.27. The Hall–Kier alpha value is -3.10. The number of amides is 2. The predicted molar refractivity (Wildman–Crippen MR) is 83.9 cm³/mol. The van der Waals surface area contributed by atoms with Crippen LogP contribution in [0.15, 0.2) is 42.5 Å². The minimum Gasteiger partial charge on any atom is -0.350 e. The Morgan fingerprint density at radius 3 is 2.50 bits per heavy atom. The van der Waals surface area contributed by atoms with Crippen molar-refractivity contribution in [3.8, 4) is 0 Å². The lowest BCUT2D eigenvalue weighted by Crippen LogP contribution is -2.63. The second-order valence-electron chi connectivity index (χ2n) is 6.03. The molecule has 0 saturated heterocycles. The smallest absolute Gasteiger partial charge is 0.350 e. The van der Waals surface area contributed by atoms with Crippen molar-refractivity contribution < 1.29 is 27.2 Å². The van der Waals surface area contributed by atoms with Crippen LogP contribution in [0.4, 0.5) is 28.9 Å². The van der Waals surface area contributed by atoms with Crippen LogP contribution >= 0.6 is 0 Å². The minimum atomic E-state index is -4.74. The number of halogens is 4. The first kappa shape index (κ1) is 16.4. The summed E-state index contributed by atoms with van der Waals surface area (Å²) in [5.41, 5.74) is -1.80. The average Bonchev–Trinajstić information content (AvgIpc) is 2.82. The number of para-hydroxylation sites is 1. The lowest BCUT2D eigenvalue weighted by Gasteiger charge is -2.44. The van der Waals surface area contributed by atoms with Gasteiger partial charge in [0, 0.05) is 11.3 Å². The van der Waals surface area contributed by atoms with Crippen LogP contribution in [0, 0.1) is 5.82 Å². The summed E-state index contributed by atoms with van der Waals surface area (Å²) in [6.07, 6.45) is -4.74. The zero-order valence-electron chi connectivity index (χ0n) is 13.0. The number of nitrogens with zero attached hydrogens (tertiary/aromatic N) is 1. The summed E-state index contributed by atoms with van der Waals surface area (Å²) in [6.45, 7) is -1.64. The molecule has 2 aliphatic heterocycles. The van der Waals surface area contributed by atoms with Gasteiger partial charge in [-0.2, -0.15) is 13.2 Å². The normalized spacial score (nSPS) is 21.3. The van der Waals surface area contributed by atoms with E-state index in [0.29, 0.717) is 4.90 Å². The fourth-order valence-electron chi connectivity index (χ4n) is 3.37. The second-order valence-corrected chi connectivity index (χ2v) is 6.03. The number of carbonyl (C=O) groups is 2. The van der Waals surface area contributed by atoms with Gasteiger partial charge in [0.25, 0.3) is 11.8 Å². The van der Waals surface area contributed by atoms with Crippen molar-refractivity contribution in [3.05, 3.63) is 59.4 Å². The van der Waals surface area contributed by atoms with Gasteiger partial charge in [0.1, 0.15) is 12.4 Å². The first-order valence-electron chi connectivity index (χ1n) is 7.60. The van der Waals surface area contributed by atoms with Gasteiger partial charge in [-0.05, 0) is 30.3 Å². The van der Waals surface area contributed by atoms with Gasteiger partial charge < -0.3 is 10.6 Å². The first-order chi connectivity index (χ1) is 12.2. The molecule has 0 aliphatic carbocycles. The summed E-state index contributed by atoms with van der Waals surface area (Å²) in [4.78, 5) is 26.0. The fourth-order valence-corrected chi connectivity index (χ4v) is 3.37. The molecule has 0 aromatic heterocycles. The molecule has 2 amide bonds. The molecule has 1 spiro atoms. The molecule has 26 heavy (non-hydrogen) atoms. The van der Waals surface area contributed by atoms with Gasteiger partial charge in [0.15, 0.2) is 0 Å². The largest absolute Gasteiger partial charge is 0.406 e. The number of alkyl halides is 3. The van der Waals surface area contributed by atoms with Crippen LogP contribution in [0.5, 0.6) is 0 Å². The Labute approximate surface area is 144 Å². The molecule has 0 radical (unpaired) electrons. The van der Waals surface area contributed by atoms with Crippen LogP contribution in [0.25, 0.3) is 0 Å². The highest BCUT2D eigenvalue weighted by Crippen LogP contribution is 2.46. The number of anilines is 2. The van der Waals surface area contributed by atoms with Crippen molar-refractivity contribution in [1.29, 1.82) is 0 Å². The number of hydrogen-bond donors (Lipinski definition) is 2. The van der Waals surface area contributed by atoms with Gasteiger partial charge >= 0.3 is 6.18 Å². The Morgan fingerprint density at radius 1 is 1.04 bits per heavy atom. The zero-order valence-corrected chi connectivity index (χ0v) is 13.0. The van der Waals surface area contributed by atoms with Crippen LogP contribution in [0.2, 0.25) is 0 Å². The molecule has 2 aliphatic rings. The van der Waals surface area contributed by atoms with E-state index in [4.69, 9.17) is 0 Å². The molecule has 134 valence electrons. The zero-order chi connectivity index (χ0) is 18.7. The molecule has 9 heteroatoms. The van der Waals surface area contributed by atoms with Crippen molar-refractivity contribution in [1.82, 2.24) is 4.90 Å². The van der Waals surface area contributed by atoms with E-state index in [1.807, 2.05) is 0 Å². The second kappa shape index (κ2) is 5.20. The van der Waals surface area contributed by atoms with E-state index in [1.54, 1.807) is 6.07 Å². The molecular weight excluding hydrogens is 354 g/mol.